The number of hydrogen-bond donors (Lipinski definition) is 1. The van der Waals surface area contributed by atoms with Crippen LogP contribution in [0.4, 0.5) is 10.5 Å². The molecule has 58 heavy (non-hydrogen) atoms. The van der Waals surface area contributed by atoms with Gasteiger partial charge in [-0.3, -0.25) is 4.31 Å². The Morgan fingerprint density at radius 1 is 0.741 bits per heavy atom. The summed E-state index contributed by atoms with van der Waals surface area (Å²) in [7, 11) is -3.96. The normalized spacial score (nSPS) is 14.0. The Morgan fingerprint density at radius 3 is 1.67 bits per heavy atom. The zero-order valence-electron chi connectivity index (χ0n) is 34.5. The molecule has 0 aliphatic carbocycles. The fraction of sp³-hybridized carbons (Fsp3) is 0.675. The minimum Gasteiger partial charge on any atom is -0.490 e. The Morgan fingerprint density at radius 2 is 1.19 bits per heavy atom. The Hall–Kier alpha value is -2.29. The number of halogens is 2. The van der Waals surface area contributed by atoms with E-state index in [4.69, 9.17) is 59.0 Å². The summed E-state index contributed by atoms with van der Waals surface area (Å²) in [4.78, 5) is 11.6. The van der Waals surface area contributed by atoms with Crippen molar-refractivity contribution in [2.24, 2.45) is 0 Å². The van der Waals surface area contributed by atoms with Crippen molar-refractivity contribution >= 4 is 49.3 Å². The lowest BCUT2D eigenvalue weighted by Gasteiger charge is -2.39. The molecule has 1 N–H and O–H groups in total. The van der Waals surface area contributed by atoms with Gasteiger partial charge in [-0.25, -0.2) is 13.2 Å². The molecular weight excluding hydrogens is 864 g/mol. The highest BCUT2D eigenvalue weighted by Crippen LogP contribution is 2.43. The highest BCUT2D eigenvalue weighted by atomic mass is 79.9. The van der Waals surface area contributed by atoms with Crippen LogP contribution in [0.1, 0.15) is 46.6 Å². The maximum atomic E-state index is 14.0. The van der Waals surface area contributed by atoms with Crippen LogP contribution in [0.5, 0.6) is 5.75 Å². The van der Waals surface area contributed by atoms with Crippen LogP contribution >= 0.6 is 27.5 Å². The molecule has 0 fully saturated rings. The number of rotatable bonds is 30. The van der Waals surface area contributed by atoms with Crippen LogP contribution in [0.3, 0.4) is 0 Å². The van der Waals surface area contributed by atoms with Gasteiger partial charge in [-0.2, -0.15) is 0 Å². The molecule has 18 heteroatoms. The summed E-state index contributed by atoms with van der Waals surface area (Å²) in [6.07, 6.45) is 0.217. The molecule has 0 unspecified atom stereocenters. The van der Waals surface area contributed by atoms with Gasteiger partial charge in [-0.15, -0.1) is 0 Å². The van der Waals surface area contributed by atoms with Gasteiger partial charge in [0.1, 0.15) is 22.9 Å². The first kappa shape index (κ1) is 50.1. The van der Waals surface area contributed by atoms with E-state index < -0.39 is 21.7 Å². The van der Waals surface area contributed by atoms with Crippen molar-refractivity contribution in [2.75, 3.05) is 130 Å². The van der Waals surface area contributed by atoms with Gasteiger partial charge in [-0.05, 0) is 66.2 Å². The fourth-order valence-corrected chi connectivity index (χ4v) is 7.76. The number of hydrogen-bond acceptors (Lipinski definition) is 13. The standard InChI is InChI=1S/C40H62BrClN2O13S/c1-39(2,3)57-38(45)43-11-13-48-14-15-49-16-17-50-18-19-51-20-21-52-22-23-53-24-25-54-26-27-55-28-29-56-36-31-34(42)33(41)30-37(36)58(46,47)44-12-10-40(4,5)32-8-6-7-9-35(32)44/h6-9,30-31H,10-29H2,1-5H3,(H,43,45). The topological polar surface area (TPSA) is 159 Å². The van der Waals surface area contributed by atoms with Crippen LogP contribution in [-0.4, -0.2) is 146 Å². The van der Waals surface area contributed by atoms with Gasteiger partial charge in [0, 0.05) is 23.6 Å². The van der Waals surface area contributed by atoms with E-state index in [9.17, 15) is 13.2 Å². The number of sulfonamides is 1. The van der Waals surface area contributed by atoms with Crippen molar-refractivity contribution in [3.63, 3.8) is 0 Å². The van der Waals surface area contributed by atoms with Gasteiger partial charge in [0.15, 0.2) is 0 Å². The Bertz CT molecular complexity index is 1600. The van der Waals surface area contributed by atoms with E-state index in [0.717, 1.165) is 5.56 Å². The highest BCUT2D eigenvalue weighted by molar-refractivity contribution is 9.10. The highest BCUT2D eigenvalue weighted by Gasteiger charge is 2.38. The third kappa shape index (κ3) is 19.0. The van der Waals surface area contributed by atoms with Crippen LogP contribution in [0.2, 0.25) is 5.02 Å². The minimum atomic E-state index is -3.96. The van der Waals surface area contributed by atoms with Crippen molar-refractivity contribution in [1.82, 2.24) is 5.32 Å². The number of fused-ring (bicyclic) bond motifs is 1. The molecule has 0 radical (unpaired) electrons. The van der Waals surface area contributed by atoms with Gasteiger partial charge >= 0.3 is 6.09 Å². The molecule has 2 aromatic rings. The van der Waals surface area contributed by atoms with Gasteiger partial charge in [0.25, 0.3) is 10.0 Å². The van der Waals surface area contributed by atoms with Gasteiger partial charge < -0.3 is 52.7 Å². The first-order chi connectivity index (χ1) is 27.7. The fourth-order valence-electron chi connectivity index (χ4n) is 5.48. The van der Waals surface area contributed by atoms with E-state index in [0.29, 0.717) is 134 Å². The number of nitrogens with one attached hydrogen (secondary N) is 1. The number of ether oxygens (including phenoxy) is 10. The van der Waals surface area contributed by atoms with E-state index in [2.05, 4.69) is 35.1 Å². The Kier molecular flexibility index (Phi) is 23.2. The first-order valence-corrected chi connectivity index (χ1v) is 22.2. The van der Waals surface area contributed by atoms with Crippen LogP contribution in [-0.2, 0) is 58.1 Å². The lowest BCUT2D eigenvalue weighted by Crippen LogP contribution is -2.41. The van der Waals surface area contributed by atoms with Crippen LogP contribution in [0.25, 0.3) is 0 Å². The molecular formula is C40H62BrClN2O13S. The summed E-state index contributed by atoms with van der Waals surface area (Å²) in [6.45, 7) is 17.2. The second-order valence-corrected chi connectivity index (χ2v) is 17.7. The lowest BCUT2D eigenvalue weighted by molar-refractivity contribution is -0.0236. The van der Waals surface area contributed by atoms with Crippen LogP contribution in [0, 0.1) is 0 Å². The second kappa shape index (κ2) is 26.8. The first-order valence-electron chi connectivity index (χ1n) is 19.6. The van der Waals surface area contributed by atoms with Crippen LogP contribution in [0.15, 0.2) is 45.8 Å². The molecule has 0 spiro atoms. The average Bonchev–Trinajstić information content (AvgIpc) is 3.16. The maximum absolute atomic E-state index is 14.0. The smallest absolute Gasteiger partial charge is 0.407 e. The van der Waals surface area contributed by atoms with Crippen molar-refractivity contribution in [3.05, 3.63) is 51.5 Å². The van der Waals surface area contributed by atoms with E-state index in [-0.39, 0.29) is 29.3 Å². The molecule has 2 aromatic carbocycles. The molecule has 3 rings (SSSR count). The molecule has 0 saturated carbocycles. The minimum absolute atomic E-state index is 0.0321. The number of carbonyl (C=O) groups is 1. The van der Waals surface area contributed by atoms with Crippen molar-refractivity contribution in [2.45, 2.75) is 57.0 Å². The van der Waals surface area contributed by atoms with Gasteiger partial charge in [-0.1, -0.05) is 43.6 Å². The number of carbonyl (C=O) groups excluding carboxylic acids is 1. The zero-order valence-corrected chi connectivity index (χ0v) is 37.7. The van der Waals surface area contributed by atoms with Crippen molar-refractivity contribution in [1.29, 1.82) is 0 Å². The van der Waals surface area contributed by atoms with E-state index >= 15 is 0 Å². The molecule has 1 aliphatic heterocycles. The summed E-state index contributed by atoms with van der Waals surface area (Å²) in [5.74, 6) is 0.163. The molecule has 0 saturated heterocycles. The summed E-state index contributed by atoms with van der Waals surface area (Å²) in [6, 6.07) is 10.6. The number of nitrogens with zero attached hydrogens (tertiary/aromatic N) is 1. The zero-order chi connectivity index (χ0) is 42.3. The summed E-state index contributed by atoms with van der Waals surface area (Å²) in [5.41, 5.74) is 0.980. The van der Waals surface area contributed by atoms with E-state index in [1.54, 1.807) is 0 Å². The second-order valence-electron chi connectivity index (χ2n) is 14.6. The van der Waals surface area contributed by atoms with Crippen molar-refractivity contribution in [3.8, 4) is 5.75 Å². The SMILES string of the molecule is CC(C)(C)OC(=O)NCCOCCOCCOCCOCCOCCOCCOCCOCCOc1cc(Cl)c(Br)cc1S(=O)(=O)N1CCC(C)(C)c2ccccc21. The predicted octanol–water partition coefficient (Wildman–Crippen LogP) is 6.02. The molecule has 0 atom stereocenters. The molecule has 15 nitrogen and oxygen atoms in total. The number of benzene rings is 2. The summed E-state index contributed by atoms with van der Waals surface area (Å²) < 4.78 is 85.0. The molecule has 0 aromatic heterocycles. The maximum Gasteiger partial charge on any atom is 0.407 e. The molecule has 330 valence electrons. The quantitative estimate of drug-likeness (QED) is 0.0909. The predicted molar refractivity (Wildman–Crippen MR) is 224 cm³/mol. The van der Waals surface area contributed by atoms with Gasteiger partial charge in [0.2, 0.25) is 0 Å². The Balaban J connectivity index is 1.11. The lowest BCUT2D eigenvalue weighted by atomic mass is 9.78. The van der Waals surface area contributed by atoms with E-state index in [1.807, 2.05) is 45.0 Å². The summed E-state index contributed by atoms with van der Waals surface area (Å²) >= 11 is 9.72. The summed E-state index contributed by atoms with van der Waals surface area (Å²) in [5, 5.41) is 2.97. The van der Waals surface area contributed by atoms with Gasteiger partial charge in [0.05, 0.1) is 116 Å². The van der Waals surface area contributed by atoms with Crippen molar-refractivity contribution < 1.29 is 60.6 Å². The largest absolute Gasteiger partial charge is 0.490 e. The Labute approximate surface area is 357 Å². The molecule has 1 heterocycles. The number of anilines is 1. The van der Waals surface area contributed by atoms with Crippen LogP contribution < -0.4 is 14.4 Å². The molecule has 0 bridgehead atoms. The molecule has 1 amide bonds. The third-order valence-corrected chi connectivity index (χ3v) is 11.4. The average molecular weight is 926 g/mol. The number of alkyl carbamates (subject to hydrolysis) is 1. The van der Waals surface area contributed by atoms with E-state index in [1.165, 1.54) is 16.4 Å². The monoisotopic (exact) mass is 924 g/mol. The molecule has 1 aliphatic rings. The third-order valence-electron chi connectivity index (χ3n) is 8.40. The number of para-hydroxylation sites is 1. The number of amides is 1.